The van der Waals surface area contributed by atoms with Gasteiger partial charge in [-0.25, -0.2) is 4.79 Å². The van der Waals surface area contributed by atoms with Crippen molar-refractivity contribution in [2.45, 2.75) is 18.8 Å². The van der Waals surface area contributed by atoms with Crippen LogP contribution >= 0.6 is 0 Å². The fraction of sp³-hybridized carbons (Fsp3) is 0.250. The van der Waals surface area contributed by atoms with Gasteiger partial charge in [0.15, 0.2) is 5.65 Å². The molecule has 1 atom stereocenters. The first kappa shape index (κ1) is 12.3. The van der Waals surface area contributed by atoms with Crippen LogP contribution in [0.4, 0.5) is 0 Å². The molecule has 0 aliphatic carbocycles. The van der Waals surface area contributed by atoms with Crippen LogP contribution in [0.3, 0.4) is 0 Å². The summed E-state index contributed by atoms with van der Waals surface area (Å²) in [4.78, 5) is 33.8. The fourth-order valence-electron chi connectivity index (χ4n) is 2.28. The van der Waals surface area contributed by atoms with Gasteiger partial charge in [0, 0.05) is 12.6 Å². The van der Waals surface area contributed by atoms with E-state index >= 15 is 0 Å². The van der Waals surface area contributed by atoms with Gasteiger partial charge >= 0.3 is 5.97 Å². The molecule has 1 aliphatic heterocycles. The number of nitrogens with one attached hydrogen (secondary N) is 1. The van der Waals surface area contributed by atoms with E-state index in [-0.39, 0.29) is 24.1 Å². The summed E-state index contributed by atoms with van der Waals surface area (Å²) in [5.74, 6) is -2.41. The number of aromatic carboxylic acids is 1. The van der Waals surface area contributed by atoms with Gasteiger partial charge in [-0.3, -0.25) is 19.3 Å². The highest BCUT2D eigenvalue weighted by Crippen LogP contribution is 2.25. The van der Waals surface area contributed by atoms with Crippen molar-refractivity contribution in [3.05, 3.63) is 29.7 Å². The van der Waals surface area contributed by atoms with E-state index in [9.17, 15) is 14.4 Å². The number of nitrogens with zero attached hydrogens (tertiary/aromatic N) is 3. The molecule has 0 radical (unpaired) electrons. The van der Waals surface area contributed by atoms with E-state index < -0.39 is 11.9 Å². The predicted molar refractivity (Wildman–Crippen MR) is 65.1 cm³/mol. The number of piperidine rings is 1. The largest absolute Gasteiger partial charge is 0.475 e. The lowest BCUT2D eigenvalue weighted by molar-refractivity contribution is -0.134. The van der Waals surface area contributed by atoms with Gasteiger partial charge in [0.25, 0.3) is 0 Å². The monoisotopic (exact) mass is 274 g/mol. The van der Waals surface area contributed by atoms with E-state index in [0.717, 1.165) is 0 Å². The molecular formula is C12H10N4O4. The number of carbonyl (C=O) groups excluding carboxylic acids is 2. The van der Waals surface area contributed by atoms with Gasteiger partial charge in [0.05, 0.1) is 5.92 Å². The van der Waals surface area contributed by atoms with Gasteiger partial charge in [-0.1, -0.05) is 0 Å². The molecule has 2 amide bonds. The molecule has 102 valence electrons. The van der Waals surface area contributed by atoms with Gasteiger partial charge in [-0.15, -0.1) is 10.2 Å². The number of fused-ring (bicyclic) bond motifs is 1. The number of pyridine rings is 1. The van der Waals surface area contributed by atoms with Gasteiger partial charge < -0.3 is 5.11 Å². The first-order valence-corrected chi connectivity index (χ1v) is 5.98. The van der Waals surface area contributed by atoms with Crippen molar-refractivity contribution in [3.8, 4) is 0 Å². The Morgan fingerprint density at radius 3 is 2.90 bits per heavy atom. The van der Waals surface area contributed by atoms with Crippen LogP contribution in [-0.4, -0.2) is 37.5 Å². The zero-order valence-corrected chi connectivity index (χ0v) is 10.2. The summed E-state index contributed by atoms with van der Waals surface area (Å²) in [5.41, 5.74) is 1.04. The summed E-state index contributed by atoms with van der Waals surface area (Å²) in [6.45, 7) is 0. The van der Waals surface area contributed by atoms with E-state index in [2.05, 4.69) is 15.5 Å². The van der Waals surface area contributed by atoms with Crippen molar-refractivity contribution in [2.75, 3.05) is 0 Å². The van der Waals surface area contributed by atoms with Gasteiger partial charge in [-0.2, -0.15) is 0 Å². The van der Waals surface area contributed by atoms with Crippen LogP contribution in [0, 0.1) is 0 Å². The Labute approximate surface area is 112 Å². The van der Waals surface area contributed by atoms with Crippen molar-refractivity contribution in [1.29, 1.82) is 0 Å². The number of carboxylic acids is 1. The lowest BCUT2D eigenvalue weighted by Gasteiger charge is -2.20. The van der Waals surface area contributed by atoms with Crippen LogP contribution in [0.15, 0.2) is 18.3 Å². The Kier molecular flexibility index (Phi) is 2.70. The minimum Gasteiger partial charge on any atom is -0.475 e. The molecule has 1 aliphatic rings. The van der Waals surface area contributed by atoms with Crippen LogP contribution in [0.1, 0.15) is 34.9 Å². The topological polar surface area (TPSA) is 114 Å². The summed E-state index contributed by atoms with van der Waals surface area (Å²) in [6, 6.07) is 3.25. The van der Waals surface area contributed by atoms with Crippen molar-refractivity contribution < 1.29 is 19.5 Å². The molecule has 1 fully saturated rings. The second-order valence-corrected chi connectivity index (χ2v) is 4.52. The Bertz CT molecular complexity index is 736. The number of rotatable bonds is 2. The maximum Gasteiger partial charge on any atom is 0.374 e. The molecule has 2 N–H and O–H groups in total. The Balaban J connectivity index is 1.99. The minimum absolute atomic E-state index is 0.185. The molecule has 3 rings (SSSR count). The Morgan fingerprint density at radius 1 is 1.40 bits per heavy atom. The molecule has 2 aromatic heterocycles. The number of amides is 2. The number of hydrogen-bond donors (Lipinski definition) is 2. The number of imide groups is 1. The molecule has 2 aromatic rings. The van der Waals surface area contributed by atoms with Crippen molar-refractivity contribution in [3.63, 3.8) is 0 Å². The maximum atomic E-state index is 11.8. The first-order chi connectivity index (χ1) is 9.56. The molecule has 1 saturated heterocycles. The summed E-state index contributed by atoms with van der Waals surface area (Å²) >= 11 is 0. The van der Waals surface area contributed by atoms with Crippen LogP contribution in [0.2, 0.25) is 0 Å². The normalized spacial score (nSPS) is 19.1. The number of carbonyl (C=O) groups is 3. The van der Waals surface area contributed by atoms with E-state index in [1.54, 1.807) is 12.1 Å². The van der Waals surface area contributed by atoms with Gasteiger partial charge in [0.2, 0.25) is 17.6 Å². The van der Waals surface area contributed by atoms with Gasteiger partial charge in [0.1, 0.15) is 0 Å². The highest BCUT2D eigenvalue weighted by atomic mass is 16.4. The molecular weight excluding hydrogens is 264 g/mol. The third-order valence-electron chi connectivity index (χ3n) is 3.27. The van der Waals surface area contributed by atoms with E-state index in [1.807, 2.05) is 0 Å². The van der Waals surface area contributed by atoms with Crippen molar-refractivity contribution in [2.24, 2.45) is 0 Å². The molecule has 0 saturated carbocycles. The van der Waals surface area contributed by atoms with Crippen LogP contribution < -0.4 is 5.32 Å². The minimum atomic E-state index is -1.17. The van der Waals surface area contributed by atoms with Crippen molar-refractivity contribution >= 4 is 23.4 Å². The third-order valence-corrected chi connectivity index (χ3v) is 3.27. The highest BCUT2D eigenvalue weighted by Gasteiger charge is 2.28. The number of carboxylic acid groups (broad SMARTS) is 1. The van der Waals surface area contributed by atoms with Crippen molar-refractivity contribution in [1.82, 2.24) is 19.9 Å². The quantitative estimate of drug-likeness (QED) is 0.742. The lowest BCUT2D eigenvalue weighted by atomic mass is 9.91. The van der Waals surface area contributed by atoms with E-state index in [4.69, 9.17) is 5.11 Å². The molecule has 0 spiro atoms. The third kappa shape index (κ3) is 1.91. The zero-order chi connectivity index (χ0) is 14.3. The molecule has 8 heteroatoms. The Hall–Kier alpha value is -2.77. The second kappa shape index (κ2) is 4.41. The standard InChI is InChI=1S/C12H10N4O4/c17-9-2-1-7(11(18)13-9)6-3-4-16-8(5-6)14-15-10(16)12(19)20/h3-5,7H,1-2H2,(H,19,20)(H,13,17,18). The lowest BCUT2D eigenvalue weighted by Crippen LogP contribution is -2.39. The van der Waals surface area contributed by atoms with E-state index in [0.29, 0.717) is 17.6 Å². The number of hydrogen-bond acceptors (Lipinski definition) is 5. The summed E-state index contributed by atoms with van der Waals surface area (Å²) in [6.07, 6.45) is 2.23. The fourth-order valence-corrected chi connectivity index (χ4v) is 2.28. The molecule has 0 aromatic carbocycles. The van der Waals surface area contributed by atoms with Crippen LogP contribution in [-0.2, 0) is 9.59 Å². The summed E-state index contributed by atoms with van der Waals surface area (Å²) in [7, 11) is 0. The first-order valence-electron chi connectivity index (χ1n) is 5.98. The van der Waals surface area contributed by atoms with E-state index in [1.165, 1.54) is 10.6 Å². The molecule has 0 bridgehead atoms. The molecule has 20 heavy (non-hydrogen) atoms. The summed E-state index contributed by atoms with van der Waals surface area (Å²) in [5, 5.41) is 18.6. The zero-order valence-electron chi connectivity index (χ0n) is 10.2. The van der Waals surface area contributed by atoms with Gasteiger partial charge in [-0.05, 0) is 24.1 Å². The second-order valence-electron chi connectivity index (χ2n) is 4.52. The summed E-state index contributed by atoms with van der Waals surface area (Å²) < 4.78 is 1.33. The average molecular weight is 274 g/mol. The maximum absolute atomic E-state index is 11.8. The van der Waals surface area contributed by atoms with Crippen LogP contribution in [0.25, 0.3) is 5.65 Å². The Morgan fingerprint density at radius 2 is 2.20 bits per heavy atom. The SMILES string of the molecule is O=C1CCC(c2ccn3c(C(=O)O)nnc3c2)C(=O)N1. The molecule has 3 heterocycles. The predicted octanol–water partition coefficient (Wildman–Crippen LogP) is -0.0523. The average Bonchev–Trinajstić information content (AvgIpc) is 2.81. The molecule has 8 nitrogen and oxygen atoms in total. The highest BCUT2D eigenvalue weighted by molar-refractivity contribution is 6.01. The van der Waals surface area contributed by atoms with Crippen LogP contribution in [0.5, 0.6) is 0 Å². The molecule has 1 unspecified atom stereocenters. The smallest absolute Gasteiger partial charge is 0.374 e. The number of aromatic nitrogens is 3.